The van der Waals surface area contributed by atoms with Gasteiger partial charge in [0.25, 0.3) is 0 Å². The first-order valence-corrected chi connectivity index (χ1v) is 6.39. The molecule has 0 saturated carbocycles. The monoisotopic (exact) mass is 243 g/mol. The topological polar surface area (TPSA) is 54.7 Å². The van der Waals surface area contributed by atoms with Crippen LogP contribution in [0.4, 0.5) is 0 Å². The van der Waals surface area contributed by atoms with Gasteiger partial charge in [-0.25, -0.2) is 0 Å². The normalized spacial score (nSPS) is 11.2. The summed E-state index contributed by atoms with van der Waals surface area (Å²) in [7, 11) is 0. The number of nitrogens with one attached hydrogen (secondary N) is 1. The number of aromatic nitrogens is 2. The van der Waals surface area contributed by atoms with Crippen LogP contribution in [0.5, 0.6) is 0 Å². The van der Waals surface area contributed by atoms with E-state index < -0.39 is 0 Å². The predicted octanol–water partition coefficient (Wildman–Crippen LogP) is 3.28. The van der Waals surface area contributed by atoms with Crippen molar-refractivity contribution in [3.8, 4) is 11.3 Å². The maximum absolute atomic E-state index is 5.82. The molecule has 18 heavy (non-hydrogen) atoms. The first-order chi connectivity index (χ1) is 8.54. The molecule has 0 aliphatic carbocycles. The van der Waals surface area contributed by atoms with Crippen molar-refractivity contribution in [3.05, 3.63) is 40.6 Å². The molecule has 3 N–H and O–H groups in total. The molecule has 0 aliphatic heterocycles. The molecule has 3 heteroatoms. The van der Waals surface area contributed by atoms with Crippen LogP contribution in [-0.4, -0.2) is 10.2 Å². The summed E-state index contributed by atoms with van der Waals surface area (Å²) in [6, 6.07) is 6.58. The molecular formula is C15H21N3. The Balaban J connectivity index is 2.59. The first kappa shape index (κ1) is 12.8. The van der Waals surface area contributed by atoms with Crippen molar-refractivity contribution < 1.29 is 0 Å². The van der Waals surface area contributed by atoms with Gasteiger partial charge in [-0.1, -0.05) is 26.0 Å². The van der Waals surface area contributed by atoms with Crippen LogP contribution in [0, 0.1) is 13.8 Å². The molecule has 1 heterocycles. The maximum atomic E-state index is 5.82. The van der Waals surface area contributed by atoms with Gasteiger partial charge in [-0.15, -0.1) is 0 Å². The van der Waals surface area contributed by atoms with Gasteiger partial charge < -0.3 is 5.73 Å². The molecule has 0 spiro atoms. The smallest absolute Gasteiger partial charge is 0.0971 e. The summed E-state index contributed by atoms with van der Waals surface area (Å²) < 4.78 is 0. The highest BCUT2D eigenvalue weighted by Gasteiger charge is 2.14. The minimum Gasteiger partial charge on any atom is -0.326 e. The van der Waals surface area contributed by atoms with Gasteiger partial charge in [-0.2, -0.15) is 5.10 Å². The molecule has 0 amide bonds. The predicted molar refractivity (Wildman–Crippen MR) is 75.5 cm³/mol. The lowest BCUT2D eigenvalue weighted by Gasteiger charge is -2.11. The Morgan fingerprint density at radius 2 is 2.00 bits per heavy atom. The zero-order chi connectivity index (χ0) is 13.3. The summed E-state index contributed by atoms with van der Waals surface area (Å²) in [6.07, 6.45) is 0. The van der Waals surface area contributed by atoms with Gasteiger partial charge in [0, 0.05) is 23.4 Å². The summed E-state index contributed by atoms with van der Waals surface area (Å²) >= 11 is 0. The SMILES string of the molecule is Cc1ccc(C(C)C)cc1-c1n[nH]c(C)c1CN. The minimum atomic E-state index is 0.517. The van der Waals surface area contributed by atoms with Crippen LogP contribution in [0.25, 0.3) is 11.3 Å². The van der Waals surface area contributed by atoms with Crippen LogP contribution in [-0.2, 0) is 6.54 Å². The van der Waals surface area contributed by atoms with Gasteiger partial charge in [-0.05, 0) is 37.0 Å². The van der Waals surface area contributed by atoms with Gasteiger partial charge in [0.15, 0.2) is 0 Å². The molecule has 2 rings (SSSR count). The Hall–Kier alpha value is -1.61. The molecule has 0 aliphatic rings. The second kappa shape index (κ2) is 4.94. The molecule has 0 fully saturated rings. The molecule has 0 atom stereocenters. The highest BCUT2D eigenvalue weighted by molar-refractivity contribution is 5.68. The van der Waals surface area contributed by atoms with E-state index in [1.165, 1.54) is 16.7 Å². The lowest BCUT2D eigenvalue weighted by atomic mass is 9.94. The number of H-pyrrole nitrogens is 1. The third-order valence-corrected chi connectivity index (χ3v) is 3.46. The number of aryl methyl sites for hydroxylation is 2. The van der Waals surface area contributed by atoms with Gasteiger partial charge in [0.1, 0.15) is 0 Å². The highest BCUT2D eigenvalue weighted by atomic mass is 15.1. The fraction of sp³-hybridized carbons (Fsp3) is 0.400. The number of hydrogen-bond donors (Lipinski definition) is 2. The Labute approximate surface area is 108 Å². The van der Waals surface area contributed by atoms with Crippen LogP contribution >= 0.6 is 0 Å². The van der Waals surface area contributed by atoms with E-state index in [0.29, 0.717) is 12.5 Å². The fourth-order valence-corrected chi connectivity index (χ4v) is 2.18. The molecule has 3 nitrogen and oxygen atoms in total. The van der Waals surface area contributed by atoms with Crippen molar-refractivity contribution in [2.24, 2.45) is 5.73 Å². The van der Waals surface area contributed by atoms with Crippen LogP contribution < -0.4 is 5.73 Å². The Morgan fingerprint density at radius 1 is 1.28 bits per heavy atom. The van der Waals surface area contributed by atoms with E-state index in [2.05, 4.69) is 49.2 Å². The Kier molecular flexibility index (Phi) is 3.53. The number of aromatic amines is 1. The van der Waals surface area contributed by atoms with E-state index in [1.807, 2.05) is 6.92 Å². The number of nitrogens with two attached hydrogens (primary N) is 1. The number of hydrogen-bond acceptors (Lipinski definition) is 2. The Bertz CT molecular complexity index is 553. The van der Waals surface area contributed by atoms with E-state index in [-0.39, 0.29) is 0 Å². The maximum Gasteiger partial charge on any atom is 0.0971 e. The van der Waals surface area contributed by atoms with Crippen LogP contribution in [0.1, 0.15) is 42.1 Å². The van der Waals surface area contributed by atoms with Crippen molar-refractivity contribution in [2.45, 2.75) is 40.2 Å². The van der Waals surface area contributed by atoms with Crippen molar-refractivity contribution in [3.63, 3.8) is 0 Å². The average molecular weight is 243 g/mol. The molecule has 0 unspecified atom stereocenters. The standard InChI is InChI=1S/C15H21N3/c1-9(2)12-6-5-10(3)13(7-12)15-14(8-16)11(4)17-18-15/h5-7,9H,8,16H2,1-4H3,(H,17,18). The first-order valence-electron chi connectivity index (χ1n) is 6.39. The lowest BCUT2D eigenvalue weighted by molar-refractivity contribution is 0.866. The zero-order valence-electron chi connectivity index (χ0n) is 11.5. The van der Waals surface area contributed by atoms with Crippen molar-refractivity contribution >= 4 is 0 Å². The fourth-order valence-electron chi connectivity index (χ4n) is 2.18. The van der Waals surface area contributed by atoms with Crippen molar-refractivity contribution in [2.75, 3.05) is 0 Å². The summed E-state index contributed by atoms with van der Waals surface area (Å²) in [5.41, 5.74) is 12.7. The van der Waals surface area contributed by atoms with Crippen molar-refractivity contribution in [1.29, 1.82) is 0 Å². The summed E-state index contributed by atoms with van der Waals surface area (Å²) in [6.45, 7) is 9.05. The number of nitrogens with zero attached hydrogens (tertiary/aromatic N) is 1. The van der Waals surface area contributed by atoms with Crippen molar-refractivity contribution in [1.82, 2.24) is 10.2 Å². The molecule has 96 valence electrons. The summed E-state index contributed by atoms with van der Waals surface area (Å²) in [5.74, 6) is 0.519. The van der Waals surface area contributed by atoms with E-state index in [4.69, 9.17) is 5.73 Å². The van der Waals surface area contributed by atoms with E-state index >= 15 is 0 Å². The molecule has 0 radical (unpaired) electrons. The minimum absolute atomic E-state index is 0.517. The van der Waals surface area contributed by atoms with Crippen LogP contribution in [0.2, 0.25) is 0 Å². The van der Waals surface area contributed by atoms with Gasteiger partial charge in [-0.3, -0.25) is 5.10 Å². The molecule has 1 aromatic heterocycles. The third kappa shape index (κ3) is 2.18. The molecule has 0 saturated heterocycles. The largest absolute Gasteiger partial charge is 0.326 e. The third-order valence-electron chi connectivity index (χ3n) is 3.46. The number of rotatable bonds is 3. The van der Waals surface area contributed by atoms with Crippen LogP contribution in [0.3, 0.4) is 0 Å². The van der Waals surface area contributed by atoms with E-state index in [1.54, 1.807) is 0 Å². The zero-order valence-corrected chi connectivity index (χ0v) is 11.5. The van der Waals surface area contributed by atoms with Gasteiger partial charge in [0.2, 0.25) is 0 Å². The molecule has 2 aromatic rings. The summed E-state index contributed by atoms with van der Waals surface area (Å²) in [4.78, 5) is 0. The molecular weight excluding hydrogens is 222 g/mol. The number of benzene rings is 1. The highest BCUT2D eigenvalue weighted by Crippen LogP contribution is 2.29. The second-order valence-corrected chi connectivity index (χ2v) is 5.11. The molecule has 0 bridgehead atoms. The lowest BCUT2D eigenvalue weighted by Crippen LogP contribution is -2.00. The quantitative estimate of drug-likeness (QED) is 0.869. The van der Waals surface area contributed by atoms with Gasteiger partial charge in [0.05, 0.1) is 5.69 Å². The van der Waals surface area contributed by atoms with E-state index in [9.17, 15) is 0 Å². The summed E-state index contributed by atoms with van der Waals surface area (Å²) in [5, 5.41) is 7.45. The van der Waals surface area contributed by atoms with Gasteiger partial charge >= 0.3 is 0 Å². The van der Waals surface area contributed by atoms with E-state index in [0.717, 1.165) is 17.0 Å². The second-order valence-electron chi connectivity index (χ2n) is 5.11. The van der Waals surface area contributed by atoms with Crippen LogP contribution in [0.15, 0.2) is 18.2 Å². The molecule has 1 aromatic carbocycles. The average Bonchev–Trinajstić information content (AvgIpc) is 2.70. The Morgan fingerprint density at radius 3 is 2.61 bits per heavy atom.